The van der Waals surface area contributed by atoms with E-state index in [1.807, 2.05) is 18.2 Å². The van der Waals surface area contributed by atoms with Gasteiger partial charge in [0, 0.05) is 6.54 Å². The van der Waals surface area contributed by atoms with Crippen LogP contribution in [-0.2, 0) is 0 Å². The van der Waals surface area contributed by atoms with Gasteiger partial charge in [-0.25, -0.2) is 9.67 Å². The zero-order valence-corrected chi connectivity index (χ0v) is 10.5. The predicted octanol–water partition coefficient (Wildman–Crippen LogP) is 2.73. The summed E-state index contributed by atoms with van der Waals surface area (Å²) < 4.78 is 1.77. The number of hydrogen-bond acceptors (Lipinski definition) is 3. The Morgan fingerprint density at radius 1 is 1.24 bits per heavy atom. The summed E-state index contributed by atoms with van der Waals surface area (Å²) in [4.78, 5) is 3.97. The largest absolute Gasteiger partial charge is 0.383 e. The highest BCUT2D eigenvalue weighted by molar-refractivity contribution is 5.60. The van der Waals surface area contributed by atoms with Crippen LogP contribution in [0.15, 0.2) is 36.9 Å². The Morgan fingerprint density at radius 3 is 2.65 bits per heavy atom. The summed E-state index contributed by atoms with van der Waals surface area (Å²) >= 11 is 0. The van der Waals surface area contributed by atoms with Gasteiger partial charge in [0.15, 0.2) is 0 Å². The van der Waals surface area contributed by atoms with Crippen LogP contribution in [-0.4, -0.2) is 21.3 Å². The van der Waals surface area contributed by atoms with E-state index in [0.717, 1.165) is 17.9 Å². The first-order valence-corrected chi connectivity index (χ1v) is 5.74. The van der Waals surface area contributed by atoms with E-state index in [4.69, 9.17) is 0 Å². The van der Waals surface area contributed by atoms with Crippen LogP contribution < -0.4 is 5.32 Å². The smallest absolute Gasteiger partial charge is 0.138 e. The van der Waals surface area contributed by atoms with Gasteiger partial charge in [-0.05, 0) is 17.5 Å². The maximum absolute atomic E-state index is 4.16. The summed E-state index contributed by atoms with van der Waals surface area (Å²) in [7, 11) is 0. The molecule has 90 valence electrons. The minimum absolute atomic E-state index is 0.246. The molecular formula is C13H18N4. The molecule has 0 spiro atoms. The minimum atomic E-state index is 0.246. The van der Waals surface area contributed by atoms with Gasteiger partial charge in [0.25, 0.3) is 0 Å². The first-order chi connectivity index (χ1) is 8.06. The molecule has 0 radical (unpaired) electrons. The van der Waals surface area contributed by atoms with Crippen molar-refractivity contribution in [3.05, 3.63) is 36.9 Å². The summed E-state index contributed by atoms with van der Waals surface area (Å²) in [5, 5.41) is 7.61. The molecule has 0 amide bonds. The molecule has 0 saturated carbocycles. The zero-order chi connectivity index (χ0) is 12.3. The Bertz CT molecular complexity index is 468. The molecule has 4 heteroatoms. The van der Waals surface area contributed by atoms with Gasteiger partial charge in [0.05, 0.1) is 11.4 Å². The Balaban J connectivity index is 2.23. The topological polar surface area (TPSA) is 42.7 Å². The summed E-state index contributed by atoms with van der Waals surface area (Å²) in [6.45, 7) is 7.53. The third-order valence-corrected chi connectivity index (χ3v) is 2.38. The number of anilines is 1. The molecule has 0 aliphatic carbocycles. The average Bonchev–Trinajstić information content (AvgIpc) is 2.79. The van der Waals surface area contributed by atoms with Crippen LogP contribution in [0.5, 0.6) is 0 Å². The number of rotatable bonds is 3. The van der Waals surface area contributed by atoms with E-state index in [0.29, 0.717) is 0 Å². The van der Waals surface area contributed by atoms with Crippen LogP contribution in [0, 0.1) is 5.41 Å². The summed E-state index contributed by atoms with van der Waals surface area (Å²) in [5.74, 6) is 0. The molecule has 0 fully saturated rings. The molecule has 0 atom stereocenters. The predicted molar refractivity (Wildman–Crippen MR) is 69.3 cm³/mol. The summed E-state index contributed by atoms with van der Waals surface area (Å²) in [5.41, 5.74) is 2.34. The van der Waals surface area contributed by atoms with Gasteiger partial charge in [0.1, 0.15) is 12.7 Å². The number of para-hydroxylation sites is 2. The Morgan fingerprint density at radius 2 is 2.00 bits per heavy atom. The maximum atomic E-state index is 4.16. The second-order valence-electron chi connectivity index (χ2n) is 5.27. The van der Waals surface area contributed by atoms with Crippen LogP contribution in [0.2, 0.25) is 0 Å². The highest BCUT2D eigenvalue weighted by atomic mass is 15.3. The van der Waals surface area contributed by atoms with Crippen LogP contribution >= 0.6 is 0 Å². The van der Waals surface area contributed by atoms with Crippen LogP contribution in [0.25, 0.3) is 5.69 Å². The van der Waals surface area contributed by atoms with E-state index in [2.05, 4.69) is 42.2 Å². The molecule has 1 N–H and O–H groups in total. The molecule has 0 unspecified atom stereocenters. The molecule has 0 saturated heterocycles. The highest BCUT2D eigenvalue weighted by Gasteiger charge is 2.11. The van der Waals surface area contributed by atoms with Crippen LogP contribution in [0.4, 0.5) is 5.69 Å². The van der Waals surface area contributed by atoms with Crippen LogP contribution in [0.3, 0.4) is 0 Å². The van der Waals surface area contributed by atoms with E-state index >= 15 is 0 Å². The number of nitrogens with zero attached hydrogens (tertiary/aromatic N) is 3. The fourth-order valence-electron chi connectivity index (χ4n) is 1.52. The fourth-order valence-corrected chi connectivity index (χ4v) is 1.52. The van der Waals surface area contributed by atoms with Gasteiger partial charge in [-0.3, -0.25) is 0 Å². The molecular weight excluding hydrogens is 212 g/mol. The van der Waals surface area contributed by atoms with Crippen molar-refractivity contribution in [3.8, 4) is 5.69 Å². The van der Waals surface area contributed by atoms with Gasteiger partial charge < -0.3 is 5.32 Å². The monoisotopic (exact) mass is 230 g/mol. The highest BCUT2D eigenvalue weighted by Crippen LogP contribution is 2.21. The summed E-state index contributed by atoms with van der Waals surface area (Å²) in [6, 6.07) is 8.10. The molecule has 17 heavy (non-hydrogen) atoms. The van der Waals surface area contributed by atoms with Gasteiger partial charge in [-0.1, -0.05) is 32.9 Å². The number of nitrogens with one attached hydrogen (secondary N) is 1. The van der Waals surface area contributed by atoms with Gasteiger partial charge in [-0.15, -0.1) is 0 Å². The maximum Gasteiger partial charge on any atom is 0.138 e. The van der Waals surface area contributed by atoms with Crippen molar-refractivity contribution in [1.82, 2.24) is 14.8 Å². The molecule has 0 bridgehead atoms. The molecule has 1 heterocycles. The van der Waals surface area contributed by atoms with E-state index < -0.39 is 0 Å². The van der Waals surface area contributed by atoms with Crippen molar-refractivity contribution in [2.24, 2.45) is 5.41 Å². The third kappa shape index (κ3) is 3.06. The molecule has 0 aliphatic heterocycles. The Labute approximate surface area is 102 Å². The number of benzene rings is 1. The van der Waals surface area contributed by atoms with Gasteiger partial charge in [0.2, 0.25) is 0 Å². The third-order valence-electron chi connectivity index (χ3n) is 2.38. The van der Waals surface area contributed by atoms with Crippen molar-refractivity contribution in [2.75, 3.05) is 11.9 Å². The van der Waals surface area contributed by atoms with E-state index in [9.17, 15) is 0 Å². The Kier molecular flexibility index (Phi) is 3.13. The lowest BCUT2D eigenvalue weighted by molar-refractivity contribution is 0.443. The zero-order valence-electron chi connectivity index (χ0n) is 10.5. The second-order valence-corrected chi connectivity index (χ2v) is 5.27. The number of hydrogen-bond donors (Lipinski definition) is 1. The van der Waals surface area contributed by atoms with E-state index in [1.54, 1.807) is 17.3 Å². The quantitative estimate of drug-likeness (QED) is 0.881. The number of aromatic nitrogens is 3. The average molecular weight is 230 g/mol. The second kappa shape index (κ2) is 4.57. The normalized spacial score (nSPS) is 11.5. The van der Waals surface area contributed by atoms with Gasteiger partial charge in [-0.2, -0.15) is 5.10 Å². The van der Waals surface area contributed by atoms with Crippen molar-refractivity contribution in [3.63, 3.8) is 0 Å². The van der Waals surface area contributed by atoms with E-state index in [1.165, 1.54) is 0 Å². The van der Waals surface area contributed by atoms with Gasteiger partial charge >= 0.3 is 0 Å². The first-order valence-electron chi connectivity index (χ1n) is 5.74. The fraction of sp³-hybridized carbons (Fsp3) is 0.385. The molecule has 1 aromatic heterocycles. The molecule has 2 rings (SSSR count). The van der Waals surface area contributed by atoms with Crippen molar-refractivity contribution < 1.29 is 0 Å². The van der Waals surface area contributed by atoms with Crippen molar-refractivity contribution >= 4 is 5.69 Å². The molecule has 4 nitrogen and oxygen atoms in total. The first kappa shape index (κ1) is 11.6. The van der Waals surface area contributed by atoms with Crippen molar-refractivity contribution in [1.29, 1.82) is 0 Å². The lowest BCUT2D eigenvalue weighted by Crippen LogP contribution is -2.19. The minimum Gasteiger partial charge on any atom is -0.383 e. The lowest BCUT2D eigenvalue weighted by Gasteiger charge is -2.21. The lowest BCUT2D eigenvalue weighted by atomic mass is 9.97. The molecule has 1 aromatic carbocycles. The van der Waals surface area contributed by atoms with Crippen molar-refractivity contribution in [2.45, 2.75) is 20.8 Å². The molecule has 0 aliphatic rings. The van der Waals surface area contributed by atoms with Crippen LogP contribution in [0.1, 0.15) is 20.8 Å². The standard InChI is InChI=1S/C13H18N4/c1-13(2,3)8-15-11-6-4-5-7-12(11)17-10-14-9-16-17/h4-7,9-10,15H,8H2,1-3H3. The molecule has 2 aromatic rings. The SMILES string of the molecule is CC(C)(C)CNc1ccccc1-n1cncn1. The van der Waals surface area contributed by atoms with E-state index in [-0.39, 0.29) is 5.41 Å². The summed E-state index contributed by atoms with van der Waals surface area (Å²) in [6.07, 6.45) is 3.25. The Hall–Kier alpha value is -1.84.